The van der Waals surface area contributed by atoms with Crippen LogP contribution in [0.5, 0.6) is 0 Å². The summed E-state index contributed by atoms with van der Waals surface area (Å²) in [5, 5.41) is 2.16. The Morgan fingerprint density at radius 3 is 2.66 bits per heavy atom. The van der Waals surface area contributed by atoms with Gasteiger partial charge in [-0.1, -0.05) is 48.0 Å². The maximum absolute atomic E-state index is 13.6. The fraction of sp³-hybridized carbons (Fsp3) is 0.0769. The molecule has 4 aromatic heterocycles. The van der Waals surface area contributed by atoms with Gasteiger partial charge in [0.2, 0.25) is 0 Å². The predicted octanol–water partition coefficient (Wildman–Crippen LogP) is 5.32. The fourth-order valence-corrected chi connectivity index (χ4v) is 5.82. The van der Waals surface area contributed by atoms with Crippen LogP contribution in [0.2, 0.25) is 5.02 Å². The molecule has 0 amide bonds. The van der Waals surface area contributed by atoms with Gasteiger partial charge in [0.1, 0.15) is 10.5 Å². The summed E-state index contributed by atoms with van der Waals surface area (Å²) in [4.78, 5) is 39.0. The Kier molecular flexibility index (Phi) is 4.94. The lowest BCUT2D eigenvalue weighted by Gasteiger charge is -2.11. The zero-order chi connectivity index (χ0) is 24.3. The van der Waals surface area contributed by atoms with E-state index in [-0.39, 0.29) is 0 Å². The molecule has 4 heterocycles. The standard InChI is InChI=1S/C26H18ClN5O2S/c1-14-29-13-20(31(14)2)17-8-5-9-18(27)23(17)22-10-19-24(35-22)25(33)32(26(34)30-19)21-12-28-11-15-6-3-4-7-16(15)21/h3-13H,1-2H3,(H,30,34). The lowest BCUT2D eigenvalue weighted by molar-refractivity contribution is 0.865. The molecule has 0 unspecified atom stereocenters. The number of fused-ring (bicyclic) bond motifs is 2. The van der Waals surface area contributed by atoms with Gasteiger partial charge in [0.05, 0.1) is 29.3 Å². The van der Waals surface area contributed by atoms with Crippen molar-refractivity contribution in [2.45, 2.75) is 6.92 Å². The van der Waals surface area contributed by atoms with Crippen LogP contribution in [0, 0.1) is 6.92 Å². The van der Waals surface area contributed by atoms with E-state index in [1.165, 1.54) is 17.5 Å². The fourth-order valence-electron chi connectivity index (χ4n) is 4.37. The second-order valence-electron chi connectivity index (χ2n) is 8.22. The number of hydrogen-bond donors (Lipinski definition) is 1. The van der Waals surface area contributed by atoms with Crippen molar-refractivity contribution in [3.8, 4) is 27.4 Å². The molecule has 0 atom stereocenters. The highest BCUT2D eigenvalue weighted by atomic mass is 35.5. The Labute approximate surface area is 207 Å². The molecule has 35 heavy (non-hydrogen) atoms. The molecule has 7 nitrogen and oxygen atoms in total. The average Bonchev–Trinajstić information content (AvgIpc) is 3.42. The molecule has 1 N–H and O–H groups in total. The molecule has 2 aromatic carbocycles. The summed E-state index contributed by atoms with van der Waals surface area (Å²) >= 11 is 7.98. The normalized spacial score (nSPS) is 11.5. The Morgan fingerprint density at radius 2 is 1.86 bits per heavy atom. The highest BCUT2D eigenvalue weighted by Crippen LogP contribution is 2.41. The van der Waals surface area contributed by atoms with Crippen molar-refractivity contribution in [2.24, 2.45) is 7.05 Å². The van der Waals surface area contributed by atoms with Crippen molar-refractivity contribution in [3.05, 3.63) is 98.8 Å². The maximum Gasteiger partial charge on any atom is 0.333 e. The second kappa shape index (κ2) is 8.04. The number of aryl methyl sites for hydroxylation is 1. The van der Waals surface area contributed by atoms with E-state index in [0.717, 1.165) is 42.9 Å². The molecule has 0 aliphatic rings. The van der Waals surface area contributed by atoms with Crippen molar-refractivity contribution in [1.29, 1.82) is 0 Å². The average molecular weight is 500 g/mol. The summed E-state index contributed by atoms with van der Waals surface area (Å²) in [7, 11) is 1.95. The molecule has 0 radical (unpaired) electrons. The van der Waals surface area contributed by atoms with Crippen LogP contribution in [0.1, 0.15) is 5.82 Å². The number of H-pyrrole nitrogens is 1. The molecule has 0 saturated heterocycles. The van der Waals surface area contributed by atoms with Crippen LogP contribution in [0.3, 0.4) is 0 Å². The minimum Gasteiger partial charge on any atom is -0.331 e. The highest BCUT2D eigenvalue weighted by molar-refractivity contribution is 7.22. The summed E-state index contributed by atoms with van der Waals surface area (Å²) in [6, 6.07) is 15.0. The number of nitrogens with one attached hydrogen (secondary N) is 1. The molecule has 6 aromatic rings. The zero-order valence-electron chi connectivity index (χ0n) is 18.7. The maximum atomic E-state index is 13.6. The molecule has 6 rings (SSSR count). The summed E-state index contributed by atoms with van der Waals surface area (Å²) < 4.78 is 3.57. The zero-order valence-corrected chi connectivity index (χ0v) is 20.3. The third kappa shape index (κ3) is 3.33. The van der Waals surface area contributed by atoms with Crippen molar-refractivity contribution in [3.63, 3.8) is 0 Å². The number of aromatic amines is 1. The van der Waals surface area contributed by atoms with Gasteiger partial charge in [0.15, 0.2) is 0 Å². The predicted molar refractivity (Wildman–Crippen MR) is 141 cm³/mol. The first-order valence-corrected chi connectivity index (χ1v) is 12.0. The molecular weight excluding hydrogens is 482 g/mol. The minimum absolute atomic E-state index is 0.400. The lowest BCUT2D eigenvalue weighted by atomic mass is 10.0. The van der Waals surface area contributed by atoms with E-state index in [1.807, 2.05) is 67.1 Å². The van der Waals surface area contributed by atoms with Crippen LogP contribution in [-0.4, -0.2) is 24.1 Å². The van der Waals surface area contributed by atoms with E-state index in [1.54, 1.807) is 12.4 Å². The van der Waals surface area contributed by atoms with Gasteiger partial charge >= 0.3 is 5.69 Å². The topological polar surface area (TPSA) is 85.6 Å². The number of imidazole rings is 1. The Balaban J connectivity index is 1.61. The van der Waals surface area contributed by atoms with Crippen molar-refractivity contribution in [1.82, 2.24) is 24.1 Å². The monoisotopic (exact) mass is 499 g/mol. The van der Waals surface area contributed by atoms with E-state index in [9.17, 15) is 9.59 Å². The van der Waals surface area contributed by atoms with Crippen molar-refractivity contribution >= 4 is 43.9 Å². The van der Waals surface area contributed by atoms with Crippen LogP contribution < -0.4 is 11.2 Å². The number of rotatable bonds is 3. The van der Waals surface area contributed by atoms with Crippen molar-refractivity contribution in [2.75, 3.05) is 0 Å². The van der Waals surface area contributed by atoms with E-state index in [4.69, 9.17) is 11.6 Å². The van der Waals surface area contributed by atoms with Gasteiger partial charge < -0.3 is 9.55 Å². The molecular formula is C26H18ClN5O2S. The molecule has 9 heteroatoms. The van der Waals surface area contributed by atoms with E-state index in [0.29, 0.717) is 20.9 Å². The lowest BCUT2D eigenvalue weighted by Crippen LogP contribution is -2.33. The summed E-state index contributed by atoms with van der Waals surface area (Å²) in [5.41, 5.74) is 2.58. The number of nitrogens with zero attached hydrogens (tertiary/aromatic N) is 4. The first-order valence-electron chi connectivity index (χ1n) is 10.8. The molecule has 0 aliphatic heterocycles. The quantitative estimate of drug-likeness (QED) is 0.357. The number of pyridine rings is 1. The third-order valence-electron chi connectivity index (χ3n) is 6.22. The van der Waals surface area contributed by atoms with Crippen LogP contribution in [-0.2, 0) is 7.05 Å². The van der Waals surface area contributed by atoms with Gasteiger partial charge in [-0.25, -0.2) is 14.3 Å². The van der Waals surface area contributed by atoms with Crippen LogP contribution in [0.25, 0.3) is 48.4 Å². The molecule has 0 spiro atoms. The summed E-state index contributed by atoms with van der Waals surface area (Å²) in [5.74, 6) is 0.873. The molecule has 0 fully saturated rings. The van der Waals surface area contributed by atoms with E-state index >= 15 is 0 Å². The van der Waals surface area contributed by atoms with Crippen LogP contribution >= 0.6 is 22.9 Å². The van der Waals surface area contributed by atoms with Gasteiger partial charge in [-0.3, -0.25) is 9.78 Å². The van der Waals surface area contributed by atoms with E-state index < -0.39 is 11.2 Å². The van der Waals surface area contributed by atoms with Crippen molar-refractivity contribution < 1.29 is 0 Å². The van der Waals surface area contributed by atoms with Gasteiger partial charge in [-0.15, -0.1) is 11.3 Å². The van der Waals surface area contributed by atoms with Crippen LogP contribution in [0.15, 0.2) is 76.7 Å². The third-order valence-corrected chi connectivity index (χ3v) is 7.67. The largest absolute Gasteiger partial charge is 0.333 e. The van der Waals surface area contributed by atoms with E-state index in [2.05, 4.69) is 15.0 Å². The molecule has 172 valence electrons. The number of hydrogen-bond acceptors (Lipinski definition) is 5. The minimum atomic E-state index is -0.522. The number of benzene rings is 2. The Hall–Kier alpha value is -4.01. The van der Waals surface area contributed by atoms with Crippen LogP contribution in [0.4, 0.5) is 0 Å². The number of thiophene rings is 1. The molecule has 0 saturated carbocycles. The molecule has 0 aliphatic carbocycles. The van der Waals surface area contributed by atoms with Gasteiger partial charge in [-0.05, 0) is 19.1 Å². The number of halogens is 1. The smallest absolute Gasteiger partial charge is 0.331 e. The Bertz CT molecular complexity index is 1890. The Morgan fingerprint density at radius 1 is 1.03 bits per heavy atom. The van der Waals surface area contributed by atoms with Gasteiger partial charge in [0, 0.05) is 45.0 Å². The second-order valence-corrected chi connectivity index (χ2v) is 9.68. The number of aromatic nitrogens is 5. The summed E-state index contributed by atoms with van der Waals surface area (Å²) in [6.45, 7) is 1.93. The summed E-state index contributed by atoms with van der Waals surface area (Å²) in [6.07, 6.45) is 5.05. The first kappa shape index (κ1) is 21.5. The molecule has 0 bridgehead atoms. The SMILES string of the molecule is Cc1ncc(-c2cccc(Cl)c2-c2cc3[nH]c(=O)n(-c4cncc5ccccc45)c(=O)c3s2)n1C. The van der Waals surface area contributed by atoms with Gasteiger partial charge in [-0.2, -0.15) is 0 Å². The van der Waals surface area contributed by atoms with Gasteiger partial charge in [0.25, 0.3) is 5.56 Å². The highest BCUT2D eigenvalue weighted by Gasteiger charge is 2.20. The first-order chi connectivity index (χ1) is 16.9.